The number of amides is 2. The van der Waals surface area contributed by atoms with E-state index in [9.17, 15) is 14.0 Å². The lowest BCUT2D eigenvalue weighted by atomic mass is 9.91. The van der Waals surface area contributed by atoms with E-state index in [4.69, 9.17) is 19.3 Å². The Hall–Kier alpha value is -3.71. The number of benzene rings is 1. The van der Waals surface area contributed by atoms with Gasteiger partial charge in [-0.2, -0.15) is 0 Å². The van der Waals surface area contributed by atoms with Gasteiger partial charge in [-0.25, -0.2) is 19.2 Å². The van der Waals surface area contributed by atoms with Crippen LogP contribution in [0.4, 0.5) is 9.18 Å². The molecule has 3 aromatic rings. The van der Waals surface area contributed by atoms with Gasteiger partial charge in [0, 0.05) is 44.1 Å². The van der Waals surface area contributed by atoms with Crippen LogP contribution in [0.3, 0.4) is 0 Å². The van der Waals surface area contributed by atoms with E-state index in [0.29, 0.717) is 84.1 Å². The minimum absolute atomic E-state index is 0.0581. The summed E-state index contributed by atoms with van der Waals surface area (Å²) in [5, 5.41) is 14.8. The maximum absolute atomic E-state index is 14.9. The number of carbonyl (C=O) groups is 2. The Kier molecular flexibility index (Phi) is 9.97. The summed E-state index contributed by atoms with van der Waals surface area (Å²) in [6.07, 6.45) is 5.15. The number of nitrogens with one attached hydrogen (secondary N) is 2. The second kappa shape index (κ2) is 13.7. The highest BCUT2D eigenvalue weighted by Gasteiger charge is 2.30. The van der Waals surface area contributed by atoms with Crippen molar-refractivity contribution in [2.75, 3.05) is 20.3 Å². The maximum Gasteiger partial charge on any atom is 0.404 e. The third-order valence-corrected chi connectivity index (χ3v) is 10.3. The van der Waals surface area contributed by atoms with Crippen molar-refractivity contribution in [2.24, 2.45) is 5.92 Å². The monoisotopic (exact) mass is 641 g/mol. The molecule has 0 spiro atoms. The van der Waals surface area contributed by atoms with E-state index < -0.39 is 20.0 Å². The molecule has 2 fully saturated rings. The van der Waals surface area contributed by atoms with Crippen LogP contribution in [0, 0.1) is 18.7 Å². The average molecular weight is 642 g/mol. The SMILES string of the molecule is COc1cc(-c2ncnc3c(C(=O)NC4CCC(NC(=O)O)CC4)c(C)n(COCC[Si](C)(C)C)c23)c(OCC2CC2)cc1F. The molecule has 2 aromatic heterocycles. The Labute approximate surface area is 263 Å². The summed E-state index contributed by atoms with van der Waals surface area (Å²) in [5.74, 6) is 0.0572. The molecule has 244 valence electrons. The van der Waals surface area contributed by atoms with Crippen LogP contribution in [0.1, 0.15) is 54.6 Å². The van der Waals surface area contributed by atoms with Crippen molar-refractivity contribution in [2.45, 2.75) is 89.9 Å². The Morgan fingerprint density at radius 3 is 2.36 bits per heavy atom. The number of hydrogen-bond donors (Lipinski definition) is 3. The summed E-state index contributed by atoms with van der Waals surface area (Å²) in [6.45, 7) is 9.97. The van der Waals surface area contributed by atoms with Gasteiger partial charge in [-0.1, -0.05) is 19.6 Å². The summed E-state index contributed by atoms with van der Waals surface area (Å²) in [4.78, 5) is 34.2. The van der Waals surface area contributed by atoms with Gasteiger partial charge in [-0.3, -0.25) is 4.79 Å². The van der Waals surface area contributed by atoms with E-state index in [1.807, 2.05) is 11.5 Å². The minimum Gasteiger partial charge on any atom is -0.494 e. The predicted molar refractivity (Wildman–Crippen MR) is 171 cm³/mol. The van der Waals surface area contributed by atoms with Gasteiger partial charge in [0.1, 0.15) is 30.0 Å². The van der Waals surface area contributed by atoms with Crippen LogP contribution in [-0.2, 0) is 11.5 Å². The van der Waals surface area contributed by atoms with Crippen molar-refractivity contribution in [3.63, 3.8) is 0 Å². The molecule has 13 heteroatoms. The van der Waals surface area contributed by atoms with Crippen molar-refractivity contribution < 1.29 is 33.3 Å². The highest BCUT2D eigenvalue weighted by atomic mass is 28.3. The molecule has 45 heavy (non-hydrogen) atoms. The number of rotatable bonds is 13. The van der Waals surface area contributed by atoms with E-state index >= 15 is 0 Å². The summed E-state index contributed by atoms with van der Waals surface area (Å²) in [7, 11) is 0.0710. The molecule has 11 nitrogen and oxygen atoms in total. The molecule has 5 rings (SSSR count). The molecule has 0 unspecified atom stereocenters. The Morgan fingerprint density at radius 2 is 1.73 bits per heavy atom. The first kappa shape index (κ1) is 32.7. The molecule has 2 aliphatic rings. The Balaban J connectivity index is 1.53. The summed E-state index contributed by atoms with van der Waals surface area (Å²) >= 11 is 0. The minimum atomic E-state index is -1.34. The fourth-order valence-corrected chi connectivity index (χ4v) is 6.52. The Morgan fingerprint density at radius 1 is 1.04 bits per heavy atom. The van der Waals surface area contributed by atoms with Crippen LogP contribution in [0.15, 0.2) is 18.5 Å². The number of carbonyl (C=O) groups excluding carboxylic acids is 1. The Bertz CT molecular complexity index is 1550. The molecule has 0 atom stereocenters. The number of aromatic nitrogens is 3. The van der Waals surface area contributed by atoms with Crippen molar-refractivity contribution >= 4 is 31.1 Å². The molecule has 2 heterocycles. The van der Waals surface area contributed by atoms with Gasteiger partial charge in [-0.15, -0.1) is 0 Å². The van der Waals surface area contributed by atoms with Crippen LogP contribution < -0.4 is 20.1 Å². The smallest absolute Gasteiger partial charge is 0.404 e. The third-order valence-electron chi connectivity index (χ3n) is 8.61. The van der Waals surface area contributed by atoms with E-state index in [1.165, 1.54) is 19.5 Å². The van der Waals surface area contributed by atoms with Crippen LogP contribution >= 0.6 is 0 Å². The number of nitrogens with zero attached hydrogens (tertiary/aromatic N) is 3. The highest BCUT2D eigenvalue weighted by molar-refractivity contribution is 6.76. The number of fused-ring (bicyclic) bond motifs is 1. The van der Waals surface area contributed by atoms with Crippen LogP contribution in [0.2, 0.25) is 25.7 Å². The topological polar surface area (TPSA) is 137 Å². The number of ether oxygens (including phenoxy) is 3. The number of carboxylic acid groups (broad SMARTS) is 1. The summed E-state index contributed by atoms with van der Waals surface area (Å²) in [5.41, 5.74) is 3.17. The zero-order chi connectivity index (χ0) is 32.3. The molecule has 0 aliphatic heterocycles. The molecule has 0 radical (unpaired) electrons. The molecular weight excluding hydrogens is 597 g/mol. The number of hydrogen-bond acceptors (Lipinski definition) is 7. The number of methoxy groups -OCH3 is 1. The molecule has 2 aliphatic carbocycles. The van der Waals surface area contributed by atoms with Crippen LogP contribution in [-0.4, -0.2) is 72.1 Å². The fraction of sp³-hybridized carbons (Fsp3) is 0.562. The predicted octanol–water partition coefficient (Wildman–Crippen LogP) is 5.96. The maximum atomic E-state index is 14.9. The molecule has 0 bridgehead atoms. The van der Waals surface area contributed by atoms with Crippen molar-refractivity contribution in [1.82, 2.24) is 25.2 Å². The molecule has 2 saturated carbocycles. The summed E-state index contributed by atoms with van der Waals surface area (Å²) < 4.78 is 34.5. The zero-order valence-electron chi connectivity index (χ0n) is 26.7. The molecule has 1 aromatic carbocycles. The van der Waals surface area contributed by atoms with Crippen LogP contribution in [0.25, 0.3) is 22.3 Å². The largest absolute Gasteiger partial charge is 0.494 e. The fourth-order valence-electron chi connectivity index (χ4n) is 5.76. The summed E-state index contributed by atoms with van der Waals surface area (Å²) in [6, 6.07) is 3.68. The standard InChI is InChI=1S/C32H44FN5O6Si/c1-19-27(31(39)36-21-8-10-22(11-9-21)37-32(40)41)29-30(38(19)18-43-12-13-45(3,4)5)28(34-17-35-29)23-14-26(42-2)24(33)15-25(23)44-16-20-6-7-20/h14-15,17,20-22,37H,6-13,16,18H2,1-5H3,(H,36,39)(H,40,41). The van der Waals surface area contributed by atoms with Gasteiger partial charge in [0.2, 0.25) is 0 Å². The molecule has 3 N–H and O–H groups in total. The van der Waals surface area contributed by atoms with E-state index in [2.05, 4.69) is 40.2 Å². The first-order valence-electron chi connectivity index (χ1n) is 15.7. The third kappa shape index (κ3) is 7.93. The van der Waals surface area contributed by atoms with Gasteiger partial charge in [-0.05, 0) is 63.5 Å². The molecule has 0 saturated heterocycles. The lowest BCUT2D eigenvalue weighted by molar-refractivity contribution is 0.0877. The van der Waals surface area contributed by atoms with E-state index in [1.54, 1.807) is 6.07 Å². The van der Waals surface area contributed by atoms with Crippen LogP contribution in [0.5, 0.6) is 11.5 Å². The first-order valence-corrected chi connectivity index (χ1v) is 19.4. The molecule has 2 amide bonds. The van der Waals surface area contributed by atoms with E-state index in [0.717, 1.165) is 18.9 Å². The first-order chi connectivity index (χ1) is 21.4. The molecular formula is C32H44FN5O6Si. The van der Waals surface area contributed by atoms with Gasteiger partial charge in [0.05, 0.1) is 24.8 Å². The normalized spacial score (nSPS) is 18.5. The van der Waals surface area contributed by atoms with E-state index in [-0.39, 0.29) is 30.5 Å². The van der Waals surface area contributed by atoms with Gasteiger partial charge < -0.3 is 34.5 Å². The highest BCUT2D eigenvalue weighted by Crippen LogP contribution is 2.40. The quantitative estimate of drug-likeness (QED) is 0.154. The lowest BCUT2D eigenvalue weighted by Crippen LogP contribution is -2.43. The lowest BCUT2D eigenvalue weighted by Gasteiger charge is -2.28. The second-order valence-corrected chi connectivity index (χ2v) is 19.0. The van der Waals surface area contributed by atoms with Crippen molar-refractivity contribution in [3.8, 4) is 22.8 Å². The van der Waals surface area contributed by atoms with Gasteiger partial charge in [0.15, 0.2) is 11.6 Å². The second-order valence-electron chi connectivity index (χ2n) is 13.4. The van der Waals surface area contributed by atoms with Gasteiger partial charge in [0.25, 0.3) is 5.91 Å². The van der Waals surface area contributed by atoms with Crippen molar-refractivity contribution in [3.05, 3.63) is 35.5 Å². The van der Waals surface area contributed by atoms with Gasteiger partial charge >= 0.3 is 6.09 Å². The average Bonchev–Trinajstić information content (AvgIpc) is 3.76. The van der Waals surface area contributed by atoms with Crippen molar-refractivity contribution in [1.29, 1.82) is 0 Å². The zero-order valence-corrected chi connectivity index (χ0v) is 27.7. The number of halogens is 1.